The van der Waals surface area contributed by atoms with Gasteiger partial charge < -0.3 is 5.32 Å². The number of unbranched alkanes of at least 4 members (excludes halogenated alkanes) is 2. The standard InChI is InChI=1S/C10H18N2S2/c1-13-7-4-2-3-5-11-9-10-12-6-8-14-10/h6,8,11H,2-5,7,9H2,1H3. The molecule has 0 saturated carbocycles. The zero-order chi connectivity index (χ0) is 10.1. The average molecular weight is 230 g/mol. The third-order valence-electron chi connectivity index (χ3n) is 1.96. The summed E-state index contributed by atoms with van der Waals surface area (Å²) in [4.78, 5) is 4.22. The quantitative estimate of drug-likeness (QED) is 0.695. The Bertz CT molecular complexity index is 212. The minimum atomic E-state index is 0.931. The Labute approximate surface area is 94.5 Å². The first-order chi connectivity index (χ1) is 6.93. The van der Waals surface area contributed by atoms with Gasteiger partial charge in [-0.15, -0.1) is 11.3 Å². The van der Waals surface area contributed by atoms with Gasteiger partial charge in [0.05, 0.1) is 0 Å². The second-order valence-electron chi connectivity index (χ2n) is 3.16. The van der Waals surface area contributed by atoms with E-state index in [1.54, 1.807) is 11.3 Å². The topological polar surface area (TPSA) is 24.9 Å². The van der Waals surface area contributed by atoms with E-state index in [1.165, 1.54) is 30.0 Å². The highest BCUT2D eigenvalue weighted by Crippen LogP contribution is 2.04. The summed E-state index contributed by atoms with van der Waals surface area (Å²) in [6, 6.07) is 0. The summed E-state index contributed by atoms with van der Waals surface area (Å²) in [5.41, 5.74) is 0. The molecule has 0 aliphatic heterocycles. The molecule has 0 aliphatic carbocycles. The maximum atomic E-state index is 4.22. The number of hydrogen-bond donors (Lipinski definition) is 1. The number of rotatable bonds is 8. The molecule has 1 heterocycles. The van der Waals surface area contributed by atoms with Crippen molar-refractivity contribution in [3.8, 4) is 0 Å². The van der Waals surface area contributed by atoms with Crippen molar-refractivity contribution < 1.29 is 0 Å². The Hall–Kier alpha value is -0.0600. The van der Waals surface area contributed by atoms with Gasteiger partial charge >= 0.3 is 0 Å². The van der Waals surface area contributed by atoms with Crippen LogP contribution in [0.25, 0.3) is 0 Å². The third-order valence-corrected chi connectivity index (χ3v) is 3.44. The zero-order valence-corrected chi connectivity index (χ0v) is 10.3. The molecule has 80 valence electrons. The maximum Gasteiger partial charge on any atom is 0.106 e. The minimum absolute atomic E-state index is 0.931. The lowest BCUT2D eigenvalue weighted by Crippen LogP contribution is -2.14. The fourth-order valence-corrected chi connectivity index (χ4v) is 2.29. The first-order valence-electron chi connectivity index (χ1n) is 5.01. The molecule has 4 heteroatoms. The molecule has 0 bridgehead atoms. The summed E-state index contributed by atoms with van der Waals surface area (Å²) >= 11 is 3.65. The molecule has 0 saturated heterocycles. The largest absolute Gasteiger partial charge is 0.310 e. The summed E-state index contributed by atoms with van der Waals surface area (Å²) in [6.45, 7) is 2.05. The molecule has 0 aliphatic rings. The van der Waals surface area contributed by atoms with Crippen molar-refractivity contribution in [2.75, 3.05) is 18.6 Å². The van der Waals surface area contributed by atoms with Gasteiger partial charge in [0.2, 0.25) is 0 Å². The summed E-state index contributed by atoms with van der Waals surface area (Å²) in [6.07, 6.45) is 8.00. The van der Waals surface area contributed by atoms with Crippen molar-refractivity contribution in [2.45, 2.75) is 25.8 Å². The SMILES string of the molecule is CSCCCCCNCc1nccs1. The van der Waals surface area contributed by atoms with Crippen LogP contribution in [-0.4, -0.2) is 23.5 Å². The second-order valence-corrected chi connectivity index (χ2v) is 5.12. The van der Waals surface area contributed by atoms with E-state index in [9.17, 15) is 0 Å². The van der Waals surface area contributed by atoms with E-state index in [0.717, 1.165) is 13.1 Å². The molecule has 0 atom stereocenters. The van der Waals surface area contributed by atoms with Crippen LogP contribution in [0.4, 0.5) is 0 Å². The lowest BCUT2D eigenvalue weighted by atomic mass is 10.2. The number of thiazole rings is 1. The highest BCUT2D eigenvalue weighted by Gasteiger charge is 1.93. The van der Waals surface area contributed by atoms with E-state index in [0.29, 0.717) is 0 Å². The molecule has 14 heavy (non-hydrogen) atoms. The molecule has 1 rings (SSSR count). The van der Waals surface area contributed by atoms with Crippen LogP contribution in [-0.2, 0) is 6.54 Å². The molecule has 0 fully saturated rings. The van der Waals surface area contributed by atoms with Crippen molar-refractivity contribution >= 4 is 23.1 Å². The molecular weight excluding hydrogens is 212 g/mol. The molecule has 0 spiro atoms. The van der Waals surface area contributed by atoms with Crippen molar-refractivity contribution in [3.63, 3.8) is 0 Å². The number of hydrogen-bond acceptors (Lipinski definition) is 4. The Kier molecular flexibility index (Phi) is 7.09. The summed E-state index contributed by atoms with van der Waals surface area (Å²) in [5, 5.41) is 6.62. The van der Waals surface area contributed by atoms with Gasteiger partial charge in [0.15, 0.2) is 0 Å². The van der Waals surface area contributed by atoms with Gasteiger partial charge in [-0.05, 0) is 31.4 Å². The van der Waals surface area contributed by atoms with E-state index >= 15 is 0 Å². The van der Waals surface area contributed by atoms with E-state index in [1.807, 2.05) is 23.3 Å². The number of aromatic nitrogens is 1. The predicted octanol–water partition coefficient (Wildman–Crippen LogP) is 2.77. The van der Waals surface area contributed by atoms with Gasteiger partial charge in [0, 0.05) is 18.1 Å². The number of nitrogens with one attached hydrogen (secondary N) is 1. The van der Waals surface area contributed by atoms with Crippen molar-refractivity contribution in [3.05, 3.63) is 16.6 Å². The van der Waals surface area contributed by atoms with Gasteiger partial charge in [-0.1, -0.05) is 6.42 Å². The first kappa shape index (κ1) is 12.0. The monoisotopic (exact) mass is 230 g/mol. The van der Waals surface area contributed by atoms with E-state index in [2.05, 4.69) is 16.6 Å². The fourth-order valence-electron chi connectivity index (χ4n) is 1.21. The van der Waals surface area contributed by atoms with Gasteiger partial charge in [-0.3, -0.25) is 0 Å². The van der Waals surface area contributed by atoms with E-state index < -0.39 is 0 Å². The summed E-state index contributed by atoms with van der Waals surface area (Å²) in [5.74, 6) is 1.30. The molecule has 2 nitrogen and oxygen atoms in total. The van der Waals surface area contributed by atoms with Gasteiger partial charge in [0.1, 0.15) is 5.01 Å². The Morgan fingerprint density at radius 1 is 1.43 bits per heavy atom. The molecule has 1 aromatic heterocycles. The van der Waals surface area contributed by atoms with Crippen molar-refractivity contribution in [2.24, 2.45) is 0 Å². The molecule has 0 radical (unpaired) electrons. The van der Waals surface area contributed by atoms with E-state index in [-0.39, 0.29) is 0 Å². The normalized spacial score (nSPS) is 10.6. The minimum Gasteiger partial charge on any atom is -0.310 e. The number of thioether (sulfide) groups is 1. The lowest BCUT2D eigenvalue weighted by molar-refractivity contribution is 0.617. The van der Waals surface area contributed by atoms with Crippen LogP contribution in [0.2, 0.25) is 0 Å². The Morgan fingerprint density at radius 3 is 3.07 bits per heavy atom. The van der Waals surface area contributed by atoms with Crippen LogP contribution in [0, 0.1) is 0 Å². The first-order valence-corrected chi connectivity index (χ1v) is 7.29. The third kappa shape index (κ3) is 5.62. The lowest BCUT2D eigenvalue weighted by Gasteiger charge is -2.01. The average Bonchev–Trinajstić information content (AvgIpc) is 2.69. The highest BCUT2D eigenvalue weighted by molar-refractivity contribution is 7.98. The molecule has 0 unspecified atom stereocenters. The maximum absolute atomic E-state index is 4.22. The highest BCUT2D eigenvalue weighted by atomic mass is 32.2. The van der Waals surface area contributed by atoms with Gasteiger partial charge in [0.25, 0.3) is 0 Å². The molecule has 1 N–H and O–H groups in total. The van der Waals surface area contributed by atoms with E-state index in [4.69, 9.17) is 0 Å². The zero-order valence-electron chi connectivity index (χ0n) is 8.66. The van der Waals surface area contributed by atoms with Crippen LogP contribution in [0.15, 0.2) is 11.6 Å². The van der Waals surface area contributed by atoms with Crippen molar-refractivity contribution in [1.29, 1.82) is 0 Å². The van der Waals surface area contributed by atoms with Gasteiger partial charge in [-0.2, -0.15) is 11.8 Å². The second kappa shape index (κ2) is 8.26. The molecule has 0 aromatic carbocycles. The van der Waals surface area contributed by atoms with Crippen LogP contribution in [0.1, 0.15) is 24.3 Å². The number of nitrogens with zero attached hydrogens (tertiary/aromatic N) is 1. The van der Waals surface area contributed by atoms with Gasteiger partial charge in [-0.25, -0.2) is 4.98 Å². The molecular formula is C10H18N2S2. The predicted molar refractivity (Wildman–Crippen MR) is 66.1 cm³/mol. The Balaban J connectivity index is 1.85. The molecule has 1 aromatic rings. The van der Waals surface area contributed by atoms with Crippen LogP contribution >= 0.6 is 23.1 Å². The van der Waals surface area contributed by atoms with Crippen LogP contribution in [0.3, 0.4) is 0 Å². The molecule has 0 amide bonds. The summed E-state index contributed by atoms with van der Waals surface area (Å²) in [7, 11) is 0. The fraction of sp³-hybridized carbons (Fsp3) is 0.700. The van der Waals surface area contributed by atoms with Crippen LogP contribution in [0.5, 0.6) is 0 Å². The summed E-state index contributed by atoms with van der Waals surface area (Å²) < 4.78 is 0. The smallest absolute Gasteiger partial charge is 0.106 e. The van der Waals surface area contributed by atoms with Crippen LogP contribution < -0.4 is 5.32 Å². The van der Waals surface area contributed by atoms with Crippen molar-refractivity contribution in [1.82, 2.24) is 10.3 Å². The Morgan fingerprint density at radius 2 is 2.36 bits per heavy atom.